The normalized spacial score (nSPS) is 12.2. The number of thioether (sulfide) groups is 1. The number of hydrogen-bond acceptors (Lipinski definition) is 4. The molecule has 0 aliphatic carbocycles. The minimum absolute atomic E-state index is 0.0459. The third-order valence-electron chi connectivity index (χ3n) is 4.49. The second-order valence-electron chi connectivity index (χ2n) is 6.43. The SMILES string of the molecule is C[C@@H](Sc1nnc2ccccn12)C(=O)NC(c1ccccc1)c1ccccc1. The van der Waals surface area contributed by atoms with E-state index in [2.05, 4.69) is 15.5 Å². The third kappa shape index (κ3) is 3.92. The van der Waals surface area contributed by atoms with E-state index in [-0.39, 0.29) is 17.2 Å². The van der Waals surface area contributed by atoms with Gasteiger partial charge < -0.3 is 5.32 Å². The molecule has 0 unspecified atom stereocenters. The Morgan fingerprint density at radius 2 is 1.50 bits per heavy atom. The molecule has 5 nitrogen and oxygen atoms in total. The molecule has 6 heteroatoms. The van der Waals surface area contributed by atoms with E-state index < -0.39 is 0 Å². The summed E-state index contributed by atoms with van der Waals surface area (Å²) in [6.07, 6.45) is 1.90. The topological polar surface area (TPSA) is 59.3 Å². The van der Waals surface area contributed by atoms with Gasteiger partial charge in [0.25, 0.3) is 0 Å². The monoisotopic (exact) mass is 388 g/mol. The van der Waals surface area contributed by atoms with Gasteiger partial charge in [0.15, 0.2) is 10.8 Å². The molecule has 0 spiro atoms. The molecule has 4 rings (SSSR count). The number of carbonyl (C=O) groups excluding carboxylic acids is 1. The Balaban J connectivity index is 1.54. The van der Waals surface area contributed by atoms with Gasteiger partial charge in [-0.2, -0.15) is 0 Å². The van der Waals surface area contributed by atoms with Gasteiger partial charge in [-0.05, 0) is 30.2 Å². The molecule has 0 aliphatic heterocycles. The van der Waals surface area contributed by atoms with Crippen molar-refractivity contribution in [3.05, 3.63) is 96.2 Å². The van der Waals surface area contributed by atoms with E-state index in [0.29, 0.717) is 5.16 Å². The lowest BCUT2D eigenvalue weighted by molar-refractivity contribution is -0.120. The van der Waals surface area contributed by atoms with Crippen LogP contribution in [0.25, 0.3) is 5.65 Å². The van der Waals surface area contributed by atoms with Crippen LogP contribution in [-0.2, 0) is 4.79 Å². The first kappa shape index (κ1) is 18.3. The molecule has 2 aromatic heterocycles. The van der Waals surface area contributed by atoms with E-state index >= 15 is 0 Å². The quantitative estimate of drug-likeness (QED) is 0.505. The highest BCUT2D eigenvalue weighted by atomic mass is 32.2. The van der Waals surface area contributed by atoms with E-state index in [1.807, 2.05) is 96.4 Å². The fourth-order valence-electron chi connectivity index (χ4n) is 3.02. The number of nitrogens with zero attached hydrogens (tertiary/aromatic N) is 3. The van der Waals surface area contributed by atoms with Gasteiger partial charge in [0.2, 0.25) is 5.91 Å². The predicted octanol–water partition coefficient (Wildman–Crippen LogP) is 4.12. The second kappa shape index (κ2) is 8.27. The number of rotatable bonds is 6. The molecule has 0 radical (unpaired) electrons. The Morgan fingerprint density at radius 1 is 0.893 bits per heavy atom. The maximum atomic E-state index is 13.0. The standard InChI is InChI=1S/C22H20N4OS/c1-16(28-22-25-24-19-14-8-9-15-26(19)22)21(27)23-20(17-10-4-2-5-11-17)18-12-6-3-7-13-18/h2-16,20H,1H3,(H,23,27)/t16-/m1/s1. The molecule has 1 amide bonds. The van der Waals surface area contributed by atoms with Crippen LogP contribution >= 0.6 is 11.8 Å². The van der Waals surface area contributed by atoms with Crippen molar-refractivity contribution in [1.82, 2.24) is 19.9 Å². The number of benzene rings is 2. The average molecular weight is 388 g/mol. The van der Waals surface area contributed by atoms with Crippen molar-refractivity contribution in [3.63, 3.8) is 0 Å². The minimum Gasteiger partial charge on any atom is -0.344 e. The first-order valence-electron chi connectivity index (χ1n) is 9.09. The van der Waals surface area contributed by atoms with E-state index in [0.717, 1.165) is 16.8 Å². The van der Waals surface area contributed by atoms with Crippen LogP contribution in [-0.4, -0.2) is 25.8 Å². The summed E-state index contributed by atoms with van der Waals surface area (Å²) in [5.74, 6) is -0.0459. The smallest absolute Gasteiger partial charge is 0.234 e. The lowest BCUT2D eigenvalue weighted by Gasteiger charge is -2.21. The fourth-order valence-corrected chi connectivity index (χ4v) is 3.87. The Morgan fingerprint density at radius 3 is 2.14 bits per heavy atom. The zero-order valence-electron chi connectivity index (χ0n) is 15.4. The summed E-state index contributed by atoms with van der Waals surface area (Å²) in [4.78, 5) is 13.0. The second-order valence-corrected chi connectivity index (χ2v) is 7.74. The van der Waals surface area contributed by atoms with E-state index in [9.17, 15) is 4.79 Å². The Kier molecular flexibility index (Phi) is 5.39. The van der Waals surface area contributed by atoms with Gasteiger partial charge in [-0.3, -0.25) is 9.20 Å². The van der Waals surface area contributed by atoms with Crippen LogP contribution in [0.5, 0.6) is 0 Å². The fraction of sp³-hybridized carbons (Fsp3) is 0.136. The summed E-state index contributed by atoms with van der Waals surface area (Å²) in [6.45, 7) is 1.89. The number of aromatic nitrogens is 3. The van der Waals surface area contributed by atoms with Crippen LogP contribution < -0.4 is 5.32 Å². The van der Waals surface area contributed by atoms with Gasteiger partial charge >= 0.3 is 0 Å². The van der Waals surface area contributed by atoms with Crippen LogP contribution in [0.2, 0.25) is 0 Å². The van der Waals surface area contributed by atoms with E-state index in [4.69, 9.17) is 0 Å². The highest BCUT2D eigenvalue weighted by molar-refractivity contribution is 8.00. The number of hydrogen-bond donors (Lipinski definition) is 1. The van der Waals surface area contributed by atoms with Crippen molar-refractivity contribution < 1.29 is 4.79 Å². The molecule has 1 atom stereocenters. The van der Waals surface area contributed by atoms with Gasteiger partial charge in [0.05, 0.1) is 11.3 Å². The van der Waals surface area contributed by atoms with Crippen LogP contribution in [0.15, 0.2) is 90.2 Å². The molecule has 1 N–H and O–H groups in total. The van der Waals surface area contributed by atoms with Crippen molar-refractivity contribution in [1.29, 1.82) is 0 Å². The Hall–Kier alpha value is -3.12. The molecule has 2 aromatic carbocycles. The minimum atomic E-state index is -0.317. The first-order chi connectivity index (χ1) is 13.7. The van der Waals surface area contributed by atoms with Crippen LogP contribution in [0.4, 0.5) is 0 Å². The van der Waals surface area contributed by atoms with Crippen molar-refractivity contribution in [2.24, 2.45) is 0 Å². The number of carbonyl (C=O) groups is 1. The van der Waals surface area contributed by atoms with E-state index in [1.54, 1.807) is 0 Å². The van der Waals surface area contributed by atoms with Crippen LogP contribution in [0.3, 0.4) is 0 Å². The summed E-state index contributed by atoms with van der Waals surface area (Å²) in [5.41, 5.74) is 2.86. The lowest BCUT2D eigenvalue weighted by atomic mass is 9.98. The molecule has 0 bridgehead atoms. The van der Waals surface area contributed by atoms with Gasteiger partial charge in [0.1, 0.15) is 0 Å². The molecule has 0 fully saturated rings. The van der Waals surface area contributed by atoms with Gasteiger partial charge in [-0.1, -0.05) is 78.5 Å². The van der Waals surface area contributed by atoms with Crippen molar-refractivity contribution in [2.75, 3.05) is 0 Å². The van der Waals surface area contributed by atoms with E-state index in [1.165, 1.54) is 11.8 Å². The van der Waals surface area contributed by atoms with Crippen LogP contribution in [0, 0.1) is 0 Å². The number of amides is 1. The molecular weight excluding hydrogens is 368 g/mol. The Bertz CT molecular complexity index is 1030. The molecule has 140 valence electrons. The molecule has 4 aromatic rings. The number of nitrogens with one attached hydrogen (secondary N) is 1. The van der Waals surface area contributed by atoms with Gasteiger partial charge in [-0.15, -0.1) is 10.2 Å². The summed E-state index contributed by atoms with van der Waals surface area (Å²) in [5, 5.41) is 11.9. The van der Waals surface area contributed by atoms with Gasteiger partial charge in [0, 0.05) is 6.20 Å². The molecular formula is C22H20N4OS. The average Bonchev–Trinajstić information content (AvgIpc) is 3.16. The largest absolute Gasteiger partial charge is 0.344 e. The summed E-state index contributed by atoms with van der Waals surface area (Å²) in [7, 11) is 0. The van der Waals surface area contributed by atoms with Crippen molar-refractivity contribution in [2.45, 2.75) is 23.4 Å². The third-order valence-corrected chi connectivity index (χ3v) is 5.54. The molecule has 2 heterocycles. The van der Waals surface area contributed by atoms with Gasteiger partial charge in [-0.25, -0.2) is 0 Å². The molecule has 0 saturated heterocycles. The number of pyridine rings is 1. The predicted molar refractivity (Wildman–Crippen MR) is 111 cm³/mol. The maximum Gasteiger partial charge on any atom is 0.234 e. The highest BCUT2D eigenvalue weighted by Crippen LogP contribution is 2.25. The van der Waals surface area contributed by atoms with Crippen LogP contribution in [0.1, 0.15) is 24.1 Å². The molecule has 0 aliphatic rings. The lowest BCUT2D eigenvalue weighted by Crippen LogP contribution is -2.35. The zero-order valence-corrected chi connectivity index (χ0v) is 16.2. The zero-order chi connectivity index (χ0) is 19.3. The molecule has 0 saturated carbocycles. The van der Waals surface area contributed by atoms with Crippen molar-refractivity contribution in [3.8, 4) is 0 Å². The summed E-state index contributed by atoms with van der Waals surface area (Å²) >= 11 is 1.40. The summed E-state index contributed by atoms with van der Waals surface area (Å²) < 4.78 is 1.89. The molecule has 28 heavy (non-hydrogen) atoms. The number of fused-ring (bicyclic) bond motifs is 1. The highest BCUT2D eigenvalue weighted by Gasteiger charge is 2.22. The Labute approximate surface area is 167 Å². The van der Waals surface area contributed by atoms with Crippen molar-refractivity contribution >= 4 is 23.3 Å². The summed E-state index contributed by atoms with van der Waals surface area (Å²) in [6, 6.07) is 25.5. The maximum absolute atomic E-state index is 13.0. The first-order valence-corrected chi connectivity index (χ1v) is 9.97.